The molecule has 0 saturated carbocycles. The van der Waals surface area contributed by atoms with Gasteiger partial charge in [-0.15, -0.1) is 12.8 Å². The van der Waals surface area contributed by atoms with Gasteiger partial charge in [0, 0.05) is 65.4 Å². The summed E-state index contributed by atoms with van der Waals surface area (Å²) >= 11 is 0. The average molecular weight is 434 g/mol. The van der Waals surface area contributed by atoms with Crippen LogP contribution in [-0.2, 0) is 84.5 Å². The quantitative estimate of drug-likeness (QED) is 0.496. The van der Waals surface area contributed by atoms with Crippen molar-refractivity contribution >= 4 is 11.9 Å². The minimum Gasteiger partial charge on any atom is -0.487 e. The van der Waals surface area contributed by atoms with Gasteiger partial charge in [0.15, 0.2) is 11.9 Å². The van der Waals surface area contributed by atoms with E-state index in [-0.39, 0.29) is 89.6 Å². The molecule has 0 N–H and O–H groups in total. The van der Waals surface area contributed by atoms with Gasteiger partial charge >= 0.3 is 0 Å². The summed E-state index contributed by atoms with van der Waals surface area (Å²) in [6.07, 6.45) is 6.99. The van der Waals surface area contributed by atoms with Crippen LogP contribution in [0.2, 0.25) is 0 Å². The molecule has 0 amide bonds. The van der Waals surface area contributed by atoms with E-state index in [4.69, 9.17) is 9.47 Å². The molecular weight excluding hydrogens is 410 g/mol. The Kier molecular flexibility index (Phi) is 21.0. The molecule has 0 bridgehead atoms. The van der Waals surface area contributed by atoms with Gasteiger partial charge in [0.25, 0.3) is 0 Å². The van der Waals surface area contributed by atoms with Gasteiger partial charge < -0.3 is 9.47 Å². The number of rotatable bonds is 2. The van der Waals surface area contributed by atoms with E-state index in [1.807, 2.05) is 27.7 Å². The van der Waals surface area contributed by atoms with Gasteiger partial charge in [-0.25, -0.2) is 0 Å². The number of ether oxygens (including phenoxy) is 2. The number of hydrogen-bond acceptors (Lipinski definition) is 4. The fourth-order valence-corrected chi connectivity index (χ4v) is 1.48. The van der Waals surface area contributed by atoms with Crippen molar-refractivity contribution in [2.24, 2.45) is 0 Å². The zero-order valence-electron chi connectivity index (χ0n) is 12.9. The molecule has 2 heterocycles. The standard InChI is InChI=1S/2C6H9O2.C2H6.2Y/c2*1-2-5-3-4-6(7)8-5;1-2;;/h2*4-5H,2-3H2,1H3;1-2H3;;/q2*-1;;;/t2*5-;;;/m11.../s1. The van der Waals surface area contributed by atoms with Gasteiger partial charge in [0.2, 0.25) is 0 Å². The first-order chi connectivity index (χ1) is 8.65. The smallest absolute Gasteiger partial charge is 0.167 e. The first-order valence-electron chi connectivity index (χ1n) is 6.73. The van der Waals surface area contributed by atoms with Crippen molar-refractivity contribution in [2.75, 3.05) is 0 Å². The monoisotopic (exact) mass is 434 g/mol. The fourth-order valence-electron chi connectivity index (χ4n) is 1.48. The molecule has 2 aliphatic rings. The summed E-state index contributed by atoms with van der Waals surface area (Å²) in [5, 5.41) is 0. The first kappa shape index (κ1) is 25.8. The summed E-state index contributed by atoms with van der Waals surface area (Å²) in [4.78, 5) is 20.7. The van der Waals surface area contributed by atoms with Crippen molar-refractivity contribution in [3.05, 3.63) is 12.8 Å². The molecule has 20 heavy (non-hydrogen) atoms. The van der Waals surface area contributed by atoms with E-state index in [0.29, 0.717) is 0 Å². The Hall–Kier alpha value is 0.888. The Labute approximate surface area is 173 Å². The van der Waals surface area contributed by atoms with Crippen LogP contribution in [0.5, 0.6) is 0 Å². The van der Waals surface area contributed by atoms with Crippen LogP contribution in [0.4, 0.5) is 0 Å². The predicted octanol–water partition coefficient (Wildman–Crippen LogP) is 2.85. The molecule has 0 unspecified atom stereocenters. The van der Waals surface area contributed by atoms with Gasteiger partial charge in [-0.2, -0.15) is 0 Å². The third-order valence-corrected chi connectivity index (χ3v) is 2.57. The maximum atomic E-state index is 10.3. The van der Waals surface area contributed by atoms with Gasteiger partial charge in [0.1, 0.15) is 0 Å². The Balaban J connectivity index is -0.000000236. The van der Waals surface area contributed by atoms with Crippen molar-refractivity contribution in [1.29, 1.82) is 0 Å². The second kappa shape index (κ2) is 16.3. The Morgan fingerprint density at radius 3 is 1.30 bits per heavy atom. The SMILES string of the molecule is CC.CC[C@@H]1C[CH-]C(=O)O1.CC[C@@H]1C[CH-]C(=O)O1.[Y].[Y]. The molecular formula is C14H24O4Y2-2. The van der Waals surface area contributed by atoms with Gasteiger partial charge in [-0.1, -0.05) is 27.7 Å². The first-order valence-corrected chi connectivity index (χ1v) is 6.73. The van der Waals surface area contributed by atoms with Crippen LogP contribution in [0, 0.1) is 12.8 Å². The number of esters is 2. The molecule has 2 aliphatic heterocycles. The second-order valence-corrected chi connectivity index (χ2v) is 3.81. The largest absolute Gasteiger partial charge is 0.487 e. The Morgan fingerprint density at radius 2 is 1.20 bits per heavy atom. The molecule has 2 saturated heterocycles. The summed E-state index contributed by atoms with van der Waals surface area (Å²) in [7, 11) is 0. The van der Waals surface area contributed by atoms with E-state index in [0.717, 1.165) is 25.7 Å². The number of carbonyl (C=O) groups excluding carboxylic acids is 2. The average Bonchev–Trinajstić information content (AvgIpc) is 3.01. The van der Waals surface area contributed by atoms with E-state index in [1.165, 1.54) is 0 Å². The van der Waals surface area contributed by atoms with E-state index in [2.05, 4.69) is 0 Å². The number of cyclic esters (lactones) is 2. The maximum Gasteiger partial charge on any atom is 0.167 e. The summed E-state index contributed by atoms with van der Waals surface area (Å²) in [5.41, 5.74) is 0. The van der Waals surface area contributed by atoms with Crippen molar-refractivity contribution < 1.29 is 84.5 Å². The van der Waals surface area contributed by atoms with Crippen molar-refractivity contribution in [3.63, 3.8) is 0 Å². The van der Waals surface area contributed by atoms with Crippen LogP contribution in [0.15, 0.2) is 0 Å². The molecule has 0 aromatic heterocycles. The van der Waals surface area contributed by atoms with Crippen molar-refractivity contribution in [1.82, 2.24) is 0 Å². The third-order valence-electron chi connectivity index (χ3n) is 2.57. The zero-order chi connectivity index (χ0) is 14.0. The number of hydrogen-bond donors (Lipinski definition) is 0. The summed E-state index contributed by atoms with van der Waals surface area (Å²) in [5.74, 6) is -0.311. The minimum absolute atomic E-state index is 0. The van der Waals surface area contributed by atoms with Crippen molar-refractivity contribution in [3.8, 4) is 0 Å². The molecule has 0 aromatic carbocycles. The third kappa shape index (κ3) is 11.5. The maximum absolute atomic E-state index is 10.3. The fraction of sp³-hybridized carbons (Fsp3) is 0.714. The minimum atomic E-state index is -0.156. The second-order valence-electron chi connectivity index (χ2n) is 3.81. The molecule has 2 fully saturated rings. The topological polar surface area (TPSA) is 52.6 Å². The molecule has 112 valence electrons. The zero-order valence-corrected chi connectivity index (χ0v) is 18.6. The van der Waals surface area contributed by atoms with Gasteiger partial charge in [-0.05, 0) is 12.8 Å². The molecule has 0 aromatic rings. The van der Waals surface area contributed by atoms with Gasteiger partial charge in [-0.3, -0.25) is 22.4 Å². The summed E-state index contributed by atoms with van der Waals surface area (Å²) in [6.45, 7) is 8.02. The Bertz CT molecular complexity index is 234. The van der Waals surface area contributed by atoms with E-state index >= 15 is 0 Å². The number of carbonyl (C=O) groups is 2. The molecule has 2 atom stereocenters. The van der Waals surface area contributed by atoms with Gasteiger partial charge in [0.05, 0.1) is 12.2 Å². The molecule has 6 heteroatoms. The molecule has 2 rings (SSSR count). The van der Waals surface area contributed by atoms with Crippen LogP contribution in [0.25, 0.3) is 0 Å². The van der Waals surface area contributed by atoms with Crippen LogP contribution in [0.3, 0.4) is 0 Å². The van der Waals surface area contributed by atoms with E-state index < -0.39 is 0 Å². The van der Waals surface area contributed by atoms with E-state index in [9.17, 15) is 9.59 Å². The summed E-state index contributed by atoms with van der Waals surface area (Å²) < 4.78 is 9.63. The van der Waals surface area contributed by atoms with Crippen LogP contribution >= 0.6 is 0 Å². The van der Waals surface area contributed by atoms with Crippen LogP contribution in [0.1, 0.15) is 53.4 Å². The van der Waals surface area contributed by atoms with Crippen LogP contribution in [-0.4, -0.2) is 24.1 Å². The molecule has 4 nitrogen and oxygen atoms in total. The summed E-state index contributed by atoms with van der Waals surface area (Å²) in [6, 6.07) is 0. The predicted molar refractivity (Wildman–Crippen MR) is 69.5 cm³/mol. The van der Waals surface area contributed by atoms with Crippen LogP contribution < -0.4 is 0 Å². The molecule has 0 spiro atoms. The molecule has 2 radical (unpaired) electrons. The normalized spacial score (nSPS) is 22.0. The molecule has 0 aliphatic carbocycles. The Morgan fingerprint density at radius 1 is 0.900 bits per heavy atom. The van der Waals surface area contributed by atoms with E-state index in [1.54, 1.807) is 12.8 Å². The van der Waals surface area contributed by atoms with Crippen molar-refractivity contribution in [2.45, 2.75) is 65.6 Å².